The van der Waals surface area contributed by atoms with E-state index in [1.165, 1.54) is 0 Å². The topological polar surface area (TPSA) is 174 Å². The van der Waals surface area contributed by atoms with Crippen LogP contribution in [-0.2, 0) is 40.8 Å². The molecule has 4 aromatic carbocycles. The highest BCUT2D eigenvalue weighted by Gasteiger charge is 2.53. The van der Waals surface area contributed by atoms with Gasteiger partial charge in [0.25, 0.3) is 0 Å². The number of H-pyrrole nitrogens is 2. The summed E-state index contributed by atoms with van der Waals surface area (Å²) in [6.07, 6.45) is 11.4. The Morgan fingerprint density at radius 1 is 0.344 bits per heavy atom. The van der Waals surface area contributed by atoms with Gasteiger partial charge >= 0.3 is 0 Å². The Morgan fingerprint density at radius 3 is 0.781 bits per heavy atom. The second kappa shape index (κ2) is 22.5. The third-order valence-electron chi connectivity index (χ3n) is 21.6. The number of aromatic nitrogens is 4. The molecule has 6 N–H and O–H groups in total. The van der Waals surface area contributed by atoms with Crippen molar-refractivity contribution in [3.05, 3.63) is 142 Å². The smallest absolute Gasteiger partial charge is 0.228 e. The Kier molecular flexibility index (Phi) is 15.4. The van der Waals surface area contributed by atoms with Crippen LogP contribution in [-0.4, -0.2) is 43.6 Å². The molecule has 0 saturated heterocycles. The van der Waals surface area contributed by atoms with Crippen molar-refractivity contribution < 1.29 is 19.2 Å². The maximum absolute atomic E-state index is 14.6. The van der Waals surface area contributed by atoms with Gasteiger partial charge in [-0.25, -0.2) is 9.97 Å². The second-order valence-electron chi connectivity index (χ2n) is 35.5. The number of carbonyl (C=O) groups is 4. The summed E-state index contributed by atoms with van der Waals surface area (Å²) in [6.45, 7) is 44.0. The van der Waals surface area contributed by atoms with Gasteiger partial charge in [0.2, 0.25) is 23.6 Å². The fraction of sp³-hybridized carbons (Fsp3) is 0.429. The number of nitrogens with zero attached hydrogens (tertiary/aromatic N) is 2. The molecule has 498 valence electrons. The van der Waals surface area contributed by atoms with E-state index in [2.05, 4.69) is 255 Å². The van der Waals surface area contributed by atoms with Crippen LogP contribution in [0.5, 0.6) is 0 Å². The van der Waals surface area contributed by atoms with Crippen LogP contribution in [0.4, 0.5) is 22.7 Å². The highest BCUT2D eigenvalue weighted by Crippen LogP contribution is 2.57. The zero-order valence-corrected chi connectivity index (χ0v) is 60.2. The van der Waals surface area contributed by atoms with Crippen molar-refractivity contribution in [1.29, 1.82) is 0 Å². The lowest BCUT2D eigenvalue weighted by Crippen LogP contribution is -2.19. The fourth-order valence-corrected chi connectivity index (χ4v) is 14.2. The van der Waals surface area contributed by atoms with Crippen molar-refractivity contribution in [3.63, 3.8) is 0 Å². The van der Waals surface area contributed by atoms with E-state index in [9.17, 15) is 19.2 Å². The van der Waals surface area contributed by atoms with Crippen LogP contribution in [0.3, 0.4) is 0 Å². The van der Waals surface area contributed by atoms with E-state index in [-0.39, 0.29) is 90.6 Å². The third kappa shape index (κ3) is 12.6. The molecule has 3 aromatic heterocycles. The fourth-order valence-electron chi connectivity index (χ4n) is 14.2. The number of amides is 4. The number of fused-ring (bicyclic) bond motifs is 8. The number of benzene rings is 4. The number of hydrogen-bond acceptors (Lipinski definition) is 6. The molecule has 0 radical (unpaired) electrons. The van der Waals surface area contributed by atoms with Crippen LogP contribution in [0.25, 0.3) is 90.9 Å². The van der Waals surface area contributed by atoms with Crippen LogP contribution >= 0.6 is 0 Å². The first-order chi connectivity index (χ1) is 44.7. The molecule has 0 unspecified atom stereocenters. The summed E-state index contributed by atoms with van der Waals surface area (Å²) in [4.78, 5) is 78.2. The zero-order valence-electron chi connectivity index (χ0n) is 60.2. The molecule has 8 bridgehead atoms. The minimum atomic E-state index is -0.242. The van der Waals surface area contributed by atoms with Gasteiger partial charge in [0.15, 0.2) is 0 Å². The average molecular weight is 1280 g/mol. The van der Waals surface area contributed by atoms with Gasteiger partial charge in [0, 0.05) is 79.1 Å². The van der Waals surface area contributed by atoms with Gasteiger partial charge in [0.05, 0.1) is 45.5 Å². The van der Waals surface area contributed by atoms with Gasteiger partial charge in [-0.2, -0.15) is 0 Å². The molecule has 4 atom stereocenters. The van der Waals surface area contributed by atoms with E-state index in [1.54, 1.807) is 0 Å². The standard InChI is InChI=1S/C84H98N8O4/c1-77(2,3)47-35-45(36-48(39-47)78(4,5)6)67-59-27-31-63(85-59)71(69-55(89-73(93)51-41-81(51,13)14)23-21-24-56(69)90-74(94)52-42-82(52,15)16)65-33-29-61(87-65)68(46-37-49(79(7,8)9)40-50(38-46)80(10,11)12)62-30-34-66(88-62)72(64-32-28-60(67)86-64)70-57(91-75(95)53-43-83(53,17)18)25-22-26-58(70)92-76(96)54-44-84(54,19)20/h21-40,51-54,85,88H,41-44H2,1-20H3,(H,89,93)(H,90,94)(H,91,95)(H,92,96)/t51-,52+,53-,54+. The van der Waals surface area contributed by atoms with Crippen LogP contribution < -0.4 is 21.3 Å². The van der Waals surface area contributed by atoms with Gasteiger partial charge in [0.1, 0.15) is 0 Å². The molecule has 7 aromatic rings. The molecule has 4 fully saturated rings. The molecule has 0 spiro atoms. The molecular formula is C84H98N8O4. The number of carbonyl (C=O) groups excluding carboxylic acids is 4. The van der Waals surface area contributed by atoms with Crippen molar-refractivity contribution in [3.8, 4) is 44.5 Å². The zero-order chi connectivity index (χ0) is 69.1. The van der Waals surface area contributed by atoms with Gasteiger partial charge < -0.3 is 31.2 Å². The van der Waals surface area contributed by atoms with Crippen molar-refractivity contribution in [2.24, 2.45) is 45.3 Å². The SMILES string of the molecule is CC(C)(C)c1cc(-c2c3nc(c(-c4c(NC(=O)[C@H]5CC5(C)C)cccc4NC(=O)[C@@H]4CC4(C)C)c4ccc([nH]4)c(-c4cc(C(C)(C)C)cc(C(C)(C)C)c4)c4nc(c(-c5c(NC(=O)[C@H]6CC6(C)C)cccc5NC(=O)[C@@H]5CC5(C)C)c5ccc2[nH]5)C=C4)C=C3)cc(C(C)(C)C)c1. The van der Waals surface area contributed by atoms with E-state index in [0.29, 0.717) is 78.8 Å². The summed E-state index contributed by atoms with van der Waals surface area (Å²) in [5.74, 6) is -1.06. The number of rotatable bonds is 12. The van der Waals surface area contributed by atoms with Gasteiger partial charge in [-0.05, 0) is 175 Å². The first kappa shape index (κ1) is 66.0. The average Bonchev–Trinajstić information content (AvgIpc) is 1.57. The Hall–Kier alpha value is -8.64. The van der Waals surface area contributed by atoms with Crippen LogP contribution in [0, 0.1) is 45.3 Å². The summed E-state index contributed by atoms with van der Waals surface area (Å²) >= 11 is 0. The number of hydrogen-bond donors (Lipinski definition) is 6. The second-order valence-corrected chi connectivity index (χ2v) is 35.5. The van der Waals surface area contributed by atoms with Crippen molar-refractivity contribution >= 4 is 92.7 Å². The first-order valence-electron chi connectivity index (χ1n) is 34.7. The molecule has 96 heavy (non-hydrogen) atoms. The minimum Gasteiger partial charge on any atom is -0.354 e. The monoisotopic (exact) mass is 1280 g/mol. The number of aromatic amines is 2. The summed E-state index contributed by atoms with van der Waals surface area (Å²) in [6, 6.07) is 33.8. The molecule has 12 heteroatoms. The predicted molar refractivity (Wildman–Crippen MR) is 397 cm³/mol. The molecule has 13 rings (SSSR count). The Labute approximate surface area is 567 Å². The van der Waals surface area contributed by atoms with E-state index in [0.717, 1.165) is 81.2 Å². The van der Waals surface area contributed by atoms with Gasteiger partial charge in [-0.3, -0.25) is 19.2 Å². The van der Waals surface area contributed by atoms with Crippen molar-refractivity contribution in [2.75, 3.05) is 21.3 Å². The van der Waals surface area contributed by atoms with E-state index in [1.807, 2.05) is 36.4 Å². The number of anilines is 4. The molecule has 4 aliphatic carbocycles. The van der Waals surface area contributed by atoms with E-state index in [4.69, 9.17) is 9.97 Å². The summed E-state index contributed by atoms with van der Waals surface area (Å²) < 4.78 is 0. The Bertz CT molecular complexity index is 4230. The normalized spacial score (nSPS) is 20.1. The lowest BCUT2D eigenvalue weighted by molar-refractivity contribution is -0.118. The van der Waals surface area contributed by atoms with Gasteiger partial charge in [-0.1, -0.05) is 187 Å². The molecule has 12 nitrogen and oxygen atoms in total. The van der Waals surface area contributed by atoms with Crippen LogP contribution in [0.2, 0.25) is 0 Å². The predicted octanol–water partition coefficient (Wildman–Crippen LogP) is 20.5. The highest BCUT2D eigenvalue weighted by molar-refractivity contribution is 6.12. The molecule has 4 amide bonds. The maximum Gasteiger partial charge on any atom is 0.228 e. The van der Waals surface area contributed by atoms with E-state index >= 15 is 0 Å². The molecule has 2 aliphatic heterocycles. The van der Waals surface area contributed by atoms with E-state index < -0.39 is 0 Å². The maximum atomic E-state index is 14.6. The highest BCUT2D eigenvalue weighted by atomic mass is 16.2. The van der Waals surface area contributed by atoms with Gasteiger partial charge in [-0.15, -0.1) is 0 Å². The molecule has 6 aliphatic rings. The quantitative estimate of drug-likeness (QED) is 0.0710. The lowest BCUT2D eigenvalue weighted by atomic mass is 9.78. The minimum absolute atomic E-state index is 0.0757. The Balaban J connectivity index is 1.20. The lowest BCUT2D eigenvalue weighted by Gasteiger charge is -2.26. The Morgan fingerprint density at radius 2 is 0.562 bits per heavy atom. The molecule has 5 heterocycles. The van der Waals surface area contributed by atoms with Crippen molar-refractivity contribution in [1.82, 2.24) is 19.9 Å². The summed E-state index contributed by atoms with van der Waals surface area (Å²) in [5.41, 5.74) is 17.0. The number of nitrogens with one attached hydrogen (secondary N) is 6. The molecular weight excluding hydrogens is 1180 g/mol. The summed E-state index contributed by atoms with van der Waals surface area (Å²) in [5, 5.41) is 13.7. The first-order valence-corrected chi connectivity index (χ1v) is 34.7. The third-order valence-corrected chi connectivity index (χ3v) is 21.6. The summed E-state index contributed by atoms with van der Waals surface area (Å²) in [7, 11) is 0. The molecule has 4 saturated carbocycles. The van der Waals surface area contributed by atoms with Crippen LogP contribution in [0.15, 0.2) is 97.1 Å². The largest absolute Gasteiger partial charge is 0.354 e. The van der Waals surface area contributed by atoms with Crippen molar-refractivity contribution in [2.45, 2.75) is 186 Å². The van der Waals surface area contributed by atoms with Crippen LogP contribution in [0.1, 0.15) is 209 Å².